The van der Waals surface area contributed by atoms with E-state index in [-0.39, 0.29) is 11.9 Å². The van der Waals surface area contributed by atoms with Crippen molar-refractivity contribution in [3.8, 4) is 0 Å². The predicted octanol–water partition coefficient (Wildman–Crippen LogP) is 2.65. The zero-order chi connectivity index (χ0) is 13.6. The number of nitrogens with two attached hydrogens (primary N) is 1. The van der Waals surface area contributed by atoms with Crippen LogP contribution in [0.5, 0.6) is 0 Å². The minimum Gasteiger partial charge on any atom is -0.349 e. The van der Waals surface area contributed by atoms with E-state index >= 15 is 0 Å². The van der Waals surface area contributed by atoms with Crippen molar-refractivity contribution in [2.45, 2.75) is 12.5 Å². The minimum absolute atomic E-state index is 0.0451. The van der Waals surface area contributed by atoms with Crippen molar-refractivity contribution in [1.82, 2.24) is 9.88 Å². The number of aromatic amines is 1. The number of amides is 1. The standard InChI is InChI=1S/C13H13Cl2N3O/c14-8-3-7-4-11(17-12(7)10(15)5-8)13(19)18-2-1-9(16)6-18/h3-5,9,17H,1-2,6,16H2. The lowest BCUT2D eigenvalue weighted by Crippen LogP contribution is -2.32. The van der Waals surface area contributed by atoms with Gasteiger partial charge in [-0.05, 0) is 24.6 Å². The molecule has 1 atom stereocenters. The molecule has 1 aromatic carbocycles. The van der Waals surface area contributed by atoms with E-state index in [1.807, 2.05) is 0 Å². The fourth-order valence-electron chi connectivity index (χ4n) is 2.42. The maximum atomic E-state index is 12.3. The highest BCUT2D eigenvalue weighted by Gasteiger charge is 2.25. The third-order valence-corrected chi connectivity index (χ3v) is 3.90. The molecule has 1 aliphatic heterocycles. The largest absolute Gasteiger partial charge is 0.349 e. The molecule has 1 saturated heterocycles. The van der Waals surface area contributed by atoms with Crippen LogP contribution in [0.15, 0.2) is 18.2 Å². The Bertz CT molecular complexity index is 653. The van der Waals surface area contributed by atoms with Gasteiger partial charge in [0.15, 0.2) is 0 Å². The van der Waals surface area contributed by atoms with Crippen LogP contribution in [0.3, 0.4) is 0 Å². The molecule has 19 heavy (non-hydrogen) atoms. The molecule has 0 bridgehead atoms. The van der Waals surface area contributed by atoms with Crippen LogP contribution in [0, 0.1) is 0 Å². The van der Waals surface area contributed by atoms with Crippen molar-refractivity contribution < 1.29 is 4.79 Å². The summed E-state index contributed by atoms with van der Waals surface area (Å²) in [6.45, 7) is 1.30. The van der Waals surface area contributed by atoms with Crippen molar-refractivity contribution in [3.05, 3.63) is 33.9 Å². The average Bonchev–Trinajstić information content (AvgIpc) is 2.94. The van der Waals surface area contributed by atoms with E-state index in [2.05, 4.69) is 4.98 Å². The van der Waals surface area contributed by atoms with E-state index in [9.17, 15) is 4.79 Å². The molecule has 3 N–H and O–H groups in total. The predicted molar refractivity (Wildman–Crippen MR) is 76.8 cm³/mol. The van der Waals surface area contributed by atoms with Crippen LogP contribution in [-0.2, 0) is 0 Å². The van der Waals surface area contributed by atoms with E-state index in [4.69, 9.17) is 28.9 Å². The highest BCUT2D eigenvalue weighted by atomic mass is 35.5. The Morgan fingerprint density at radius 2 is 2.16 bits per heavy atom. The SMILES string of the molecule is NC1CCN(C(=O)c2cc3cc(Cl)cc(Cl)c3[nH]2)C1. The first kappa shape index (κ1) is 12.8. The van der Waals surface area contributed by atoms with Crippen LogP contribution in [0.4, 0.5) is 0 Å². The first-order chi connectivity index (χ1) is 9.04. The van der Waals surface area contributed by atoms with E-state index in [0.717, 1.165) is 17.3 Å². The fourth-order valence-corrected chi connectivity index (χ4v) is 2.98. The first-order valence-corrected chi connectivity index (χ1v) is 6.83. The molecule has 0 aliphatic carbocycles. The highest BCUT2D eigenvalue weighted by Crippen LogP contribution is 2.28. The van der Waals surface area contributed by atoms with Crippen molar-refractivity contribution in [2.24, 2.45) is 5.73 Å². The number of halogens is 2. The molecular weight excluding hydrogens is 285 g/mol. The Morgan fingerprint density at radius 3 is 2.84 bits per heavy atom. The van der Waals surface area contributed by atoms with Crippen LogP contribution >= 0.6 is 23.2 Å². The number of rotatable bonds is 1. The number of carbonyl (C=O) groups excluding carboxylic acids is 1. The lowest BCUT2D eigenvalue weighted by molar-refractivity contribution is 0.0786. The molecule has 6 heteroatoms. The second-order valence-corrected chi connectivity index (χ2v) is 5.68. The number of hydrogen-bond acceptors (Lipinski definition) is 2. The van der Waals surface area contributed by atoms with Crippen LogP contribution < -0.4 is 5.73 Å². The van der Waals surface area contributed by atoms with Gasteiger partial charge in [0.05, 0.1) is 10.5 Å². The number of aromatic nitrogens is 1. The second-order valence-electron chi connectivity index (χ2n) is 4.83. The maximum Gasteiger partial charge on any atom is 0.270 e. The van der Waals surface area contributed by atoms with Crippen molar-refractivity contribution in [3.63, 3.8) is 0 Å². The summed E-state index contributed by atoms with van der Waals surface area (Å²) in [7, 11) is 0. The molecule has 2 heterocycles. The number of H-pyrrole nitrogens is 1. The Kier molecular flexibility index (Phi) is 3.17. The Morgan fingerprint density at radius 1 is 1.37 bits per heavy atom. The van der Waals surface area contributed by atoms with Crippen molar-refractivity contribution >= 4 is 40.0 Å². The van der Waals surface area contributed by atoms with Gasteiger partial charge >= 0.3 is 0 Å². The molecule has 4 nitrogen and oxygen atoms in total. The maximum absolute atomic E-state index is 12.3. The van der Waals surface area contributed by atoms with Gasteiger partial charge in [0, 0.05) is 29.5 Å². The number of benzene rings is 1. The molecular formula is C13H13Cl2N3O. The topological polar surface area (TPSA) is 62.1 Å². The van der Waals surface area contributed by atoms with E-state index in [1.54, 1.807) is 23.1 Å². The second kappa shape index (κ2) is 4.71. The van der Waals surface area contributed by atoms with Crippen molar-refractivity contribution in [1.29, 1.82) is 0 Å². The van der Waals surface area contributed by atoms with Gasteiger partial charge < -0.3 is 15.6 Å². The normalized spacial score (nSPS) is 19.3. The van der Waals surface area contributed by atoms with Gasteiger partial charge in [-0.3, -0.25) is 4.79 Å². The van der Waals surface area contributed by atoms with Crippen LogP contribution in [0.2, 0.25) is 10.0 Å². The molecule has 1 fully saturated rings. The zero-order valence-electron chi connectivity index (χ0n) is 10.1. The number of carbonyl (C=O) groups is 1. The fraction of sp³-hybridized carbons (Fsp3) is 0.308. The number of nitrogens with one attached hydrogen (secondary N) is 1. The molecule has 0 saturated carbocycles. The van der Waals surface area contributed by atoms with Crippen LogP contribution in [-0.4, -0.2) is 34.9 Å². The zero-order valence-corrected chi connectivity index (χ0v) is 11.6. The van der Waals surface area contributed by atoms with Gasteiger partial charge in [-0.2, -0.15) is 0 Å². The summed E-state index contributed by atoms with van der Waals surface area (Å²) in [5, 5.41) is 1.91. The number of nitrogens with zero attached hydrogens (tertiary/aromatic N) is 1. The first-order valence-electron chi connectivity index (χ1n) is 6.07. The lowest BCUT2D eigenvalue weighted by Gasteiger charge is -2.14. The number of likely N-dealkylation sites (tertiary alicyclic amines) is 1. The van der Waals surface area contributed by atoms with Gasteiger partial charge in [-0.15, -0.1) is 0 Å². The summed E-state index contributed by atoms with van der Waals surface area (Å²) in [6, 6.07) is 5.29. The summed E-state index contributed by atoms with van der Waals surface area (Å²) < 4.78 is 0. The minimum atomic E-state index is -0.0451. The Balaban J connectivity index is 1.97. The van der Waals surface area contributed by atoms with E-state index in [0.29, 0.717) is 28.8 Å². The van der Waals surface area contributed by atoms with E-state index in [1.165, 1.54) is 0 Å². The average molecular weight is 298 g/mol. The van der Waals surface area contributed by atoms with Gasteiger partial charge in [-0.1, -0.05) is 23.2 Å². The quantitative estimate of drug-likeness (QED) is 0.850. The van der Waals surface area contributed by atoms with Gasteiger partial charge in [-0.25, -0.2) is 0 Å². The molecule has 0 radical (unpaired) electrons. The summed E-state index contributed by atoms with van der Waals surface area (Å²) in [5.41, 5.74) is 7.07. The number of hydrogen-bond donors (Lipinski definition) is 2. The molecule has 1 unspecified atom stereocenters. The molecule has 1 aromatic heterocycles. The van der Waals surface area contributed by atoms with Crippen molar-refractivity contribution in [2.75, 3.05) is 13.1 Å². The van der Waals surface area contributed by atoms with E-state index < -0.39 is 0 Å². The smallest absolute Gasteiger partial charge is 0.270 e. The third-order valence-electron chi connectivity index (χ3n) is 3.39. The van der Waals surface area contributed by atoms with Crippen LogP contribution in [0.1, 0.15) is 16.9 Å². The summed E-state index contributed by atoms with van der Waals surface area (Å²) in [5.74, 6) is -0.0451. The van der Waals surface area contributed by atoms with Gasteiger partial charge in [0.2, 0.25) is 0 Å². The Hall–Kier alpha value is -1.23. The summed E-state index contributed by atoms with van der Waals surface area (Å²) >= 11 is 12.1. The molecule has 3 rings (SSSR count). The summed E-state index contributed by atoms with van der Waals surface area (Å²) in [6.07, 6.45) is 0.846. The third kappa shape index (κ3) is 2.31. The molecule has 2 aromatic rings. The molecule has 1 amide bonds. The van der Waals surface area contributed by atoms with Gasteiger partial charge in [0.25, 0.3) is 5.91 Å². The highest BCUT2D eigenvalue weighted by molar-refractivity contribution is 6.38. The molecule has 1 aliphatic rings. The van der Waals surface area contributed by atoms with Gasteiger partial charge in [0.1, 0.15) is 5.69 Å². The molecule has 100 valence electrons. The summed E-state index contributed by atoms with van der Waals surface area (Å²) in [4.78, 5) is 17.1. The molecule has 0 spiro atoms. The Labute approximate surface area is 120 Å². The monoisotopic (exact) mass is 297 g/mol. The number of fused-ring (bicyclic) bond motifs is 1. The van der Waals surface area contributed by atoms with Crippen LogP contribution in [0.25, 0.3) is 10.9 Å². The lowest BCUT2D eigenvalue weighted by atomic mass is 10.2.